The van der Waals surface area contributed by atoms with Gasteiger partial charge < -0.3 is 4.57 Å². The van der Waals surface area contributed by atoms with Gasteiger partial charge >= 0.3 is 0 Å². The Labute approximate surface area is 67.8 Å². The highest BCUT2D eigenvalue weighted by molar-refractivity contribution is 5.35. The molecule has 62 valence electrons. The van der Waals surface area contributed by atoms with Crippen LogP contribution in [0.2, 0.25) is 0 Å². The molecule has 0 atom stereocenters. The Balaban J connectivity index is 0.000000461. The Bertz CT molecular complexity index is 225. The fraction of sp³-hybridized carbons (Fsp3) is 0.500. The van der Waals surface area contributed by atoms with Crippen LogP contribution in [-0.4, -0.2) is 14.8 Å². The Morgan fingerprint density at radius 3 is 2.09 bits per heavy atom. The summed E-state index contributed by atoms with van der Waals surface area (Å²) < 4.78 is 1.88. The molecule has 1 aromatic heterocycles. The third-order valence-corrected chi connectivity index (χ3v) is 1.31. The number of hydrogen-bond acceptors (Lipinski definition) is 2. The van der Waals surface area contributed by atoms with Gasteiger partial charge in [0.05, 0.1) is 0 Å². The first-order valence-corrected chi connectivity index (χ1v) is 3.74. The molecule has 1 aromatic rings. The maximum absolute atomic E-state index is 3.83. The molecule has 0 spiro atoms. The van der Waals surface area contributed by atoms with Gasteiger partial charge in [0.15, 0.2) is 5.82 Å². The summed E-state index contributed by atoms with van der Waals surface area (Å²) in [7, 11) is 1.91. The van der Waals surface area contributed by atoms with Crippen molar-refractivity contribution in [2.45, 2.75) is 20.8 Å². The molecule has 3 nitrogen and oxygen atoms in total. The molecule has 0 aliphatic carbocycles. The second-order valence-electron chi connectivity index (χ2n) is 1.87. The first kappa shape index (κ1) is 9.88. The average Bonchev–Trinajstić information content (AvgIpc) is 2.37. The first-order chi connectivity index (χ1) is 5.25. The molecule has 11 heavy (non-hydrogen) atoms. The summed E-state index contributed by atoms with van der Waals surface area (Å²) in [6, 6.07) is 0. The van der Waals surface area contributed by atoms with Gasteiger partial charge in [0.25, 0.3) is 0 Å². The fourth-order valence-corrected chi connectivity index (χ4v) is 0.601. The van der Waals surface area contributed by atoms with Gasteiger partial charge in [0.1, 0.15) is 5.82 Å². The third-order valence-electron chi connectivity index (χ3n) is 1.31. The summed E-state index contributed by atoms with van der Waals surface area (Å²) >= 11 is 0. The van der Waals surface area contributed by atoms with Crippen LogP contribution in [0.25, 0.3) is 6.08 Å². The predicted molar refractivity (Wildman–Crippen MR) is 47.2 cm³/mol. The minimum Gasteiger partial charge on any atom is -0.315 e. The molecule has 3 heteroatoms. The van der Waals surface area contributed by atoms with Crippen molar-refractivity contribution in [1.82, 2.24) is 14.8 Å². The monoisotopic (exact) mass is 153 g/mol. The van der Waals surface area contributed by atoms with Crippen molar-refractivity contribution in [3.8, 4) is 0 Å². The van der Waals surface area contributed by atoms with Crippen LogP contribution in [0, 0.1) is 6.92 Å². The van der Waals surface area contributed by atoms with Gasteiger partial charge in [-0.15, -0.1) is 10.2 Å². The molecular weight excluding hydrogens is 138 g/mol. The van der Waals surface area contributed by atoms with Crippen molar-refractivity contribution in [3.63, 3.8) is 0 Å². The summed E-state index contributed by atoms with van der Waals surface area (Å²) in [5.41, 5.74) is 0. The average molecular weight is 153 g/mol. The summed E-state index contributed by atoms with van der Waals surface area (Å²) in [5.74, 6) is 1.72. The van der Waals surface area contributed by atoms with Crippen LogP contribution in [0.15, 0.2) is 6.58 Å². The van der Waals surface area contributed by atoms with E-state index >= 15 is 0 Å². The number of aryl methyl sites for hydroxylation is 1. The molecule has 0 radical (unpaired) electrons. The SMILES string of the molecule is C=Cc1nnc(C)n1C.CC. The van der Waals surface area contributed by atoms with E-state index in [-0.39, 0.29) is 0 Å². The van der Waals surface area contributed by atoms with E-state index in [4.69, 9.17) is 0 Å². The van der Waals surface area contributed by atoms with Crippen molar-refractivity contribution >= 4 is 6.08 Å². The largest absolute Gasteiger partial charge is 0.315 e. The van der Waals surface area contributed by atoms with E-state index in [9.17, 15) is 0 Å². The predicted octanol–water partition coefficient (Wildman–Crippen LogP) is 1.79. The van der Waals surface area contributed by atoms with Crippen LogP contribution in [0.4, 0.5) is 0 Å². The highest BCUT2D eigenvalue weighted by Gasteiger charge is 1.97. The van der Waals surface area contributed by atoms with Crippen molar-refractivity contribution < 1.29 is 0 Å². The lowest BCUT2D eigenvalue weighted by molar-refractivity contribution is 0.849. The molecule has 0 aliphatic rings. The minimum absolute atomic E-state index is 0.813. The molecule has 1 heterocycles. The van der Waals surface area contributed by atoms with E-state index in [0.29, 0.717) is 0 Å². The molecule has 0 saturated heterocycles. The van der Waals surface area contributed by atoms with Crippen molar-refractivity contribution in [2.24, 2.45) is 7.05 Å². The van der Waals surface area contributed by atoms with Gasteiger partial charge in [-0.2, -0.15) is 0 Å². The second-order valence-corrected chi connectivity index (χ2v) is 1.87. The van der Waals surface area contributed by atoms with E-state index in [1.807, 2.05) is 32.4 Å². The number of hydrogen-bond donors (Lipinski definition) is 0. The highest BCUT2D eigenvalue weighted by atomic mass is 15.3. The summed E-state index contributed by atoms with van der Waals surface area (Å²) in [4.78, 5) is 0. The maximum atomic E-state index is 3.83. The molecule has 0 saturated carbocycles. The molecular formula is C8H15N3. The zero-order valence-electron chi connectivity index (χ0n) is 7.63. The Kier molecular flexibility index (Phi) is 4.18. The molecule has 0 aromatic carbocycles. The molecule has 0 N–H and O–H groups in total. The Morgan fingerprint density at radius 2 is 1.91 bits per heavy atom. The van der Waals surface area contributed by atoms with Crippen LogP contribution >= 0.6 is 0 Å². The van der Waals surface area contributed by atoms with E-state index in [1.54, 1.807) is 6.08 Å². The van der Waals surface area contributed by atoms with E-state index in [2.05, 4.69) is 16.8 Å². The number of rotatable bonds is 1. The second kappa shape index (κ2) is 4.66. The normalized spacial score (nSPS) is 8.36. The number of aromatic nitrogens is 3. The Hall–Kier alpha value is -1.12. The van der Waals surface area contributed by atoms with Crippen molar-refractivity contribution in [3.05, 3.63) is 18.2 Å². The van der Waals surface area contributed by atoms with Gasteiger partial charge in [0.2, 0.25) is 0 Å². The van der Waals surface area contributed by atoms with E-state index < -0.39 is 0 Å². The van der Waals surface area contributed by atoms with E-state index in [0.717, 1.165) is 11.6 Å². The topological polar surface area (TPSA) is 30.7 Å². The highest BCUT2D eigenvalue weighted by Crippen LogP contribution is 1.96. The zero-order chi connectivity index (χ0) is 8.85. The standard InChI is InChI=1S/C6H9N3.C2H6/c1-4-6-8-7-5(2)9(6)3;1-2/h4H,1H2,2-3H3;1-2H3. The van der Waals surface area contributed by atoms with Gasteiger partial charge in [-0.3, -0.25) is 0 Å². The van der Waals surface area contributed by atoms with Crippen LogP contribution in [-0.2, 0) is 7.05 Å². The van der Waals surface area contributed by atoms with Gasteiger partial charge in [0, 0.05) is 7.05 Å². The molecule has 1 rings (SSSR count). The lowest BCUT2D eigenvalue weighted by Crippen LogP contribution is -1.92. The van der Waals surface area contributed by atoms with E-state index in [1.165, 1.54) is 0 Å². The van der Waals surface area contributed by atoms with Crippen molar-refractivity contribution in [2.75, 3.05) is 0 Å². The zero-order valence-corrected chi connectivity index (χ0v) is 7.63. The van der Waals surface area contributed by atoms with Crippen LogP contribution in [0.5, 0.6) is 0 Å². The van der Waals surface area contributed by atoms with Crippen molar-refractivity contribution in [1.29, 1.82) is 0 Å². The number of nitrogens with zero attached hydrogens (tertiary/aromatic N) is 3. The van der Waals surface area contributed by atoms with Crippen LogP contribution in [0.1, 0.15) is 25.5 Å². The molecule has 0 aliphatic heterocycles. The lowest BCUT2D eigenvalue weighted by Gasteiger charge is -1.92. The lowest BCUT2D eigenvalue weighted by atomic mass is 10.6. The van der Waals surface area contributed by atoms with Crippen LogP contribution < -0.4 is 0 Å². The molecule has 0 amide bonds. The third kappa shape index (κ3) is 2.18. The summed E-state index contributed by atoms with van der Waals surface area (Å²) in [6.07, 6.45) is 1.68. The summed E-state index contributed by atoms with van der Waals surface area (Å²) in [6.45, 7) is 9.48. The maximum Gasteiger partial charge on any atom is 0.155 e. The first-order valence-electron chi connectivity index (χ1n) is 3.74. The smallest absolute Gasteiger partial charge is 0.155 e. The van der Waals surface area contributed by atoms with Gasteiger partial charge in [-0.1, -0.05) is 20.4 Å². The Morgan fingerprint density at radius 1 is 1.36 bits per heavy atom. The van der Waals surface area contributed by atoms with Gasteiger partial charge in [-0.05, 0) is 13.0 Å². The fourth-order valence-electron chi connectivity index (χ4n) is 0.601. The molecule has 0 unspecified atom stereocenters. The minimum atomic E-state index is 0.813. The van der Waals surface area contributed by atoms with Gasteiger partial charge in [-0.25, -0.2) is 0 Å². The van der Waals surface area contributed by atoms with Crippen LogP contribution in [0.3, 0.4) is 0 Å². The quantitative estimate of drug-likeness (QED) is 0.616. The molecule has 0 fully saturated rings. The molecule has 0 bridgehead atoms. The summed E-state index contributed by atoms with van der Waals surface area (Å²) in [5, 5.41) is 7.66.